The van der Waals surface area contributed by atoms with E-state index < -0.39 is 43.1 Å². The van der Waals surface area contributed by atoms with Crippen molar-refractivity contribution in [3.8, 4) is 11.6 Å². The van der Waals surface area contributed by atoms with E-state index in [4.69, 9.17) is 23.9 Å². The molecule has 1 spiro atoms. The van der Waals surface area contributed by atoms with Crippen LogP contribution < -0.4 is 29.3 Å². The molecule has 6 fully saturated rings. The summed E-state index contributed by atoms with van der Waals surface area (Å²) in [5, 5.41) is 26.9. The van der Waals surface area contributed by atoms with Crippen molar-refractivity contribution < 1.29 is 42.2 Å². The van der Waals surface area contributed by atoms with Gasteiger partial charge < -0.3 is 44.2 Å². The highest BCUT2D eigenvalue weighted by molar-refractivity contribution is 7.90. The van der Waals surface area contributed by atoms with E-state index in [1.807, 2.05) is 37.4 Å². The zero-order valence-corrected chi connectivity index (χ0v) is 50.0. The van der Waals surface area contributed by atoms with Crippen LogP contribution in [-0.2, 0) is 19.5 Å². The van der Waals surface area contributed by atoms with Gasteiger partial charge in [0.15, 0.2) is 0 Å². The topological polar surface area (TPSA) is 217 Å². The molecular weight excluding hydrogens is 1070 g/mol. The van der Waals surface area contributed by atoms with Gasteiger partial charge >= 0.3 is 0 Å². The van der Waals surface area contributed by atoms with Gasteiger partial charge in [-0.15, -0.1) is 0 Å². The van der Waals surface area contributed by atoms with Crippen LogP contribution in [0, 0.1) is 32.3 Å². The van der Waals surface area contributed by atoms with Crippen LogP contribution in [0.5, 0.6) is 11.6 Å². The number of rotatable bonds is 14. The standard InChI is InChI=1S/C63H83N9O10S/c1-40(2)81-54-11-9-8-10-46(54)53-38-69(43-19-31-79-32-20-43)29-30-70(53)59-60(3,4)63(61(59,5)6)24-27-68(28-25-63)44-12-14-47(50(35-44)71-49-21-33-80-39-55(49)82-58-52(71)34-42-18-26-64-56(42)66-58)57(73)67-83(77,78)45-13-15-48(51(36-45)72(75)76)65-37-41-16-22-62(7,74)23-17-41/h8-15,18,26,34-36,40-41,43,49,53,55,59,65,74H,16-17,19-25,27-33,37-39H2,1-7H3,(H,64,66)(H,67,73)/t41-,49-,53-,55-,62-/m0/s1. The molecular formula is C63H83N9O10S. The Labute approximate surface area is 488 Å². The average molecular weight is 1160 g/mol. The van der Waals surface area contributed by atoms with E-state index >= 15 is 0 Å². The fourth-order valence-corrected chi connectivity index (χ4v) is 17.4. The lowest BCUT2D eigenvalue weighted by atomic mass is 9.33. The van der Waals surface area contributed by atoms with Gasteiger partial charge in [0.2, 0.25) is 5.88 Å². The first-order chi connectivity index (χ1) is 39.6. The second-order valence-electron chi connectivity index (χ2n) is 26.3. The monoisotopic (exact) mass is 1160 g/mol. The highest BCUT2D eigenvalue weighted by Gasteiger charge is 2.73. The number of ether oxygens (including phenoxy) is 4. The summed E-state index contributed by atoms with van der Waals surface area (Å²) in [6.45, 7) is 23.2. The molecule has 20 heteroatoms. The molecule has 2 aliphatic carbocycles. The number of aromatic amines is 1. The number of carbonyl (C=O) groups is 1. The largest absolute Gasteiger partial charge is 0.491 e. The van der Waals surface area contributed by atoms with Crippen molar-refractivity contribution in [1.29, 1.82) is 0 Å². The minimum atomic E-state index is -4.66. The molecule has 3 atom stereocenters. The predicted molar refractivity (Wildman–Crippen MR) is 319 cm³/mol. The number of fused-ring (bicyclic) bond motifs is 3. The third-order valence-corrected chi connectivity index (χ3v) is 21.8. The van der Waals surface area contributed by atoms with Crippen molar-refractivity contribution in [3.05, 3.63) is 100 Å². The summed E-state index contributed by atoms with van der Waals surface area (Å²) >= 11 is 0. The Balaban J connectivity index is 0.842. The smallest absolute Gasteiger partial charge is 0.293 e. The van der Waals surface area contributed by atoms with Crippen LogP contribution >= 0.6 is 0 Å². The fraction of sp³-hybridized carbons (Fsp3) is 0.587. The first kappa shape index (κ1) is 57.4. The number of nitro benzene ring substituents is 1. The molecule has 1 amide bonds. The van der Waals surface area contributed by atoms with E-state index in [2.05, 4.69) is 100 Å². The molecule has 7 aliphatic rings. The van der Waals surface area contributed by atoms with Gasteiger partial charge in [-0.3, -0.25) is 24.7 Å². The number of H-pyrrole nitrogens is 1. The normalized spacial score (nSPS) is 26.7. The number of amides is 1. The molecule has 7 heterocycles. The minimum absolute atomic E-state index is 0.00242. The van der Waals surface area contributed by atoms with E-state index in [9.17, 15) is 28.4 Å². The lowest BCUT2D eigenvalue weighted by Gasteiger charge is -2.77. The molecule has 19 nitrogen and oxygen atoms in total. The molecule has 4 N–H and O–H groups in total. The lowest BCUT2D eigenvalue weighted by molar-refractivity contribution is -0.384. The molecule has 0 unspecified atom stereocenters. The van der Waals surface area contributed by atoms with Crippen molar-refractivity contribution >= 4 is 55.4 Å². The summed E-state index contributed by atoms with van der Waals surface area (Å²) in [6.07, 6.45) is 8.73. The summed E-state index contributed by atoms with van der Waals surface area (Å²) in [5.74, 6) is 0.624. The summed E-state index contributed by atoms with van der Waals surface area (Å²) in [4.78, 5) is 44.6. The highest BCUT2D eigenvalue weighted by Crippen LogP contribution is 2.74. The van der Waals surface area contributed by atoms with Crippen molar-refractivity contribution in [2.75, 3.05) is 80.8 Å². The number of aliphatic hydroxyl groups is 1. The van der Waals surface area contributed by atoms with Crippen molar-refractivity contribution in [2.24, 2.45) is 22.2 Å². The Bertz CT molecular complexity index is 3320. The maximum atomic E-state index is 15.0. The molecule has 83 heavy (non-hydrogen) atoms. The number of piperidine rings is 1. The number of nitrogens with one attached hydrogen (secondary N) is 3. The molecule has 12 rings (SSSR count). The molecule has 2 saturated carbocycles. The highest BCUT2D eigenvalue weighted by atomic mass is 32.2. The minimum Gasteiger partial charge on any atom is -0.491 e. The Kier molecular flexibility index (Phi) is 15.3. The number of anilines is 4. The van der Waals surface area contributed by atoms with Crippen LogP contribution in [0.1, 0.15) is 128 Å². The van der Waals surface area contributed by atoms with E-state index in [-0.39, 0.29) is 57.6 Å². The van der Waals surface area contributed by atoms with Gasteiger partial charge in [0.25, 0.3) is 21.6 Å². The molecule has 3 aromatic carbocycles. The van der Waals surface area contributed by atoms with Crippen molar-refractivity contribution in [2.45, 2.75) is 153 Å². The third kappa shape index (κ3) is 10.5. The number of piperazine rings is 1. The number of hydrogen-bond donors (Lipinski definition) is 4. The molecule has 5 aromatic rings. The molecule has 4 saturated heterocycles. The molecule has 2 aromatic heterocycles. The van der Waals surface area contributed by atoms with Gasteiger partial charge in [0.1, 0.15) is 28.9 Å². The van der Waals surface area contributed by atoms with Crippen LogP contribution in [0.3, 0.4) is 0 Å². The number of carbonyl (C=O) groups excluding carboxylic acids is 1. The second-order valence-corrected chi connectivity index (χ2v) is 28.0. The van der Waals surface area contributed by atoms with E-state index in [1.165, 1.54) is 17.7 Å². The summed E-state index contributed by atoms with van der Waals surface area (Å²) in [7, 11) is -4.66. The Morgan fingerprint density at radius 1 is 0.880 bits per heavy atom. The summed E-state index contributed by atoms with van der Waals surface area (Å²) in [5.41, 5.74) is 2.93. The number of hydrogen-bond acceptors (Lipinski definition) is 16. The molecule has 5 aliphatic heterocycles. The number of pyridine rings is 1. The van der Waals surface area contributed by atoms with E-state index in [0.717, 1.165) is 107 Å². The number of aromatic nitrogens is 2. The van der Waals surface area contributed by atoms with E-state index in [1.54, 1.807) is 6.07 Å². The van der Waals surface area contributed by atoms with Gasteiger partial charge in [-0.2, -0.15) is 4.98 Å². The van der Waals surface area contributed by atoms with Gasteiger partial charge in [-0.25, -0.2) is 13.1 Å². The number of benzene rings is 3. The first-order valence-corrected chi connectivity index (χ1v) is 31.7. The Morgan fingerprint density at radius 2 is 1.61 bits per heavy atom. The number of nitrogens with zero attached hydrogens (tertiary/aromatic N) is 6. The predicted octanol–water partition coefficient (Wildman–Crippen LogP) is 9.98. The SMILES string of the molecule is CC(C)Oc1ccccc1[C@@H]1CN(C2CCOCC2)CCN1C1C(C)(C)C2(CCN(c3ccc(C(=O)NS(=O)(=O)c4ccc(NC[C@H]5CC[C@](C)(O)CC5)c([N+](=O)[O-])c4)c(N4c5cc6cc[nH]c6nc5O[C@H]5COCC[C@@H]54)c3)CC2)C1(C)C. The maximum absolute atomic E-state index is 15.0. The number of sulfonamides is 1. The van der Waals surface area contributed by atoms with Crippen LogP contribution in [0.25, 0.3) is 11.0 Å². The fourth-order valence-electron chi connectivity index (χ4n) is 16.4. The quantitative estimate of drug-likeness (QED) is 0.0601. The zero-order valence-electron chi connectivity index (χ0n) is 49.2. The van der Waals surface area contributed by atoms with Crippen LogP contribution in [-0.4, -0.2) is 146 Å². The van der Waals surface area contributed by atoms with Gasteiger partial charge in [-0.05, 0) is 149 Å². The second kappa shape index (κ2) is 22.1. The number of nitro groups is 1. The first-order valence-electron chi connectivity index (χ1n) is 30.2. The van der Waals surface area contributed by atoms with Gasteiger partial charge in [0, 0.05) is 100 Å². The Morgan fingerprint density at radius 3 is 2.35 bits per heavy atom. The summed E-state index contributed by atoms with van der Waals surface area (Å²) < 4.78 is 56.0. The zero-order chi connectivity index (χ0) is 58.2. The Hall–Kier alpha value is -6.03. The maximum Gasteiger partial charge on any atom is 0.293 e. The lowest BCUT2D eigenvalue weighted by Crippen LogP contribution is -2.79. The van der Waals surface area contributed by atoms with Crippen LogP contribution in [0.4, 0.5) is 28.4 Å². The molecule has 0 radical (unpaired) electrons. The van der Waals surface area contributed by atoms with Crippen LogP contribution in [0.2, 0.25) is 0 Å². The number of para-hydroxylation sites is 1. The summed E-state index contributed by atoms with van der Waals surface area (Å²) in [6, 6.07) is 22.5. The molecule has 0 bridgehead atoms. The average Bonchev–Trinajstić information content (AvgIpc) is 0.976. The molecule has 446 valence electrons. The van der Waals surface area contributed by atoms with E-state index in [0.29, 0.717) is 68.0 Å². The van der Waals surface area contributed by atoms with Gasteiger partial charge in [0.05, 0.1) is 51.5 Å². The van der Waals surface area contributed by atoms with Gasteiger partial charge in [-0.1, -0.05) is 45.9 Å². The van der Waals surface area contributed by atoms with Crippen LogP contribution in [0.15, 0.2) is 83.9 Å². The van der Waals surface area contributed by atoms with Crippen molar-refractivity contribution in [1.82, 2.24) is 24.5 Å². The van der Waals surface area contributed by atoms with Crippen molar-refractivity contribution in [3.63, 3.8) is 0 Å². The third-order valence-electron chi connectivity index (χ3n) is 20.5.